The molecule has 2 fully saturated rings. The van der Waals surface area contributed by atoms with Crippen molar-refractivity contribution in [3.8, 4) is 0 Å². The molecule has 0 unspecified atom stereocenters. The van der Waals surface area contributed by atoms with Crippen LogP contribution in [0.4, 0.5) is 32.6 Å². The quantitative estimate of drug-likeness (QED) is 0.496. The molecule has 0 aromatic carbocycles. The third-order valence-electron chi connectivity index (χ3n) is 5.23. The number of aliphatic hydroxyl groups excluding tert-OH is 1. The van der Waals surface area contributed by atoms with Gasteiger partial charge in [0.1, 0.15) is 17.8 Å². The SMILES string of the molecule is O=C1NCCN1c1n[nH]c2cc(Nc3ccnc(N4CC[C@H](O)[C@H](F)C4)n3)ncc12. The normalized spacial score (nSPS) is 21.9. The summed E-state index contributed by atoms with van der Waals surface area (Å²) in [5.41, 5.74) is 0.724. The molecular weight excluding hydrogens is 393 g/mol. The number of piperidine rings is 1. The van der Waals surface area contributed by atoms with Crippen molar-refractivity contribution in [1.82, 2.24) is 30.5 Å². The predicted molar refractivity (Wildman–Crippen MR) is 108 cm³/mol. The maximum absolute atomic E-state index is 13.8. The summed E-state index contributed by atoms with van der Waals surface area (Å²) in [5.74, 6) is 1.97. The number of aromatic amines is 1. The number of amides is 2. The third-order valence-corrected chi connectivity index (χ3v) is 5.23. The zero-order chi connectivity index (χ0) is 20.7. The standard InChI is InChI=1S/C18H20FN9O2/c19-11-9-27(5-2-13(11)29)17-20-3-1-14(24-17)23-15-7-12-10(8-22-15)16(26-25-12)28-6-4-21-18(28)30/h1,3,7-8,11,13,29H,2,4-6,9H2,(H,21,30)(H,25,26)(H,20,22,23,24)/t11-,13+/m1/s1. The van der Waals surface area contributed by atoms with E-state index < -0.39 is 12.3 Å². The lowest BCUT2D eigenvalue weighted by Crippen LogP contribution is -2.45. The Balaban J connectivity index is 1.35. The molecular formula is C18H20FN9O2. The number of carbonyl (C=O) groups is 1. The minimum absolute atomic E-state index is 0.0514. The van der Waals surface area contributed by atoms with E-state index in [1.54, 1.807) is 34.3 Å². The fourth-order valence-electron chi connectivity index (χ4n) is 3.62. The number of H-pyrrole nitrogens is 1. The van der Waals surface area contributed by atoms with E-state index in [-0.39, 0.29) is 12.6 Å². The highest BCUT2D eigenvalue weighted by Gasteiger charge is 2.29. The first-order valence-electron chi connectivity index (χ1n) is 9.65. The zero-order valence-corrected chi connectivity index (χ0v) is 15.9. The number of aliphatic hydroxyl groups is 1. The molecule has 2 aliphatic rings. The summed E-state index contributed by atoms with van der Waals surface area (Å²) in [6.45, 7) is 1.66. The molecule has 0 aliphatic carbocycles. The van der Waals surface area contributed by atoms with E-state index in [2.05, 4.69) is 35.8 Å². The van der Waals surface area contributed by atoms with Gasteiger partial charge in [-0.25, -0.2) is 19.2 Å². The van der Waals surface area contributed by atoms with Crippen LogP contribution in [0.2, 0.25) is 0 Å². The van der Waals surface area contributed by atoms with Gasteiger partial charge in [-0.05, 0) is 12.5 Å². The van der Waals surface area contributed by atoms with Gasteiger partial charge in [-0.2, -0.15) is 10.1 Å². The van der Waals surface area contributed by atoms with E-state index in [4.69, 9.17) is 0 Å². The molecule has 5 heterocycles. The lowest BCUT2D eigenvalue weighted by atomic mass is 10.1. The molecule has 2 aliphatic heterocycles. The number of anilines is 4. The number of halogens is 1. The molecule has 2 atom stereocenters. The fraction of sp³-hybridized carbons (Fsp3) is 0.389. The van der Waals surface area contributed by atoms with E-state index in [0.29, 0.717) is 49.5 Å². The van der Waals surface area contributed by atoms with Crippen LogP contribution in [0.5, 0.6) is 0 Å². The van der Waals surface area contributed by atoms with Crippen molar-refractivity contribution in [3.05, 3.63) is 24.5 Å². The summed E-state index contributed by atoms with van der Waals surface area (Å²) in [6.07, 6.45) is 1.29. The molecule has 4 N–H and O–H groups in total. The Hall–Kier alpha value is -3.54. The van der Waals surface area contributed by atoms with Crippen LogP contribution in [0.25, 0.3) is 10.9 Å². The number of pyridine rings is 1. The number of alkyl halides is 1. The number of hydrogen-bond acceptors (Lipinski definition) is 8. The Morgan fingerprint density at radius 1 is 1.27 bits per heavy atom. The molecule has 12 heteroatoms. The first-order valence-corrected chi connectivity index (χ1v) is 9.65. The van der Waals surface area contributed by atoms with Gasteiger partial charge in [0.2, 0.25) is 5.95 Å². The van der Waals surface area contributed by atoms with Gasteiger partial charge in [-0.15, -0.1) is 0 Å². The average Bonchev–Trinajstić information content (AvgIpc) is 3.35. The second-order valence-corrected chi connectivity index (χ2v) is 7.23. The second-order valence-electron chi connectivity index (χ2n) is 7.23. The summed E-state index contributed by atoms with van der Waals surface area (Å²) in [6, 6.07) is 3.28. The summed E-state index contributed by atoms with van der Waals surface area (Å²) in [5, 5.41) is 23.3. The molecule has 0 saturated carbocycles. The number of fused-ring (bicyclic) bond motifs is 1. The van der Waals surface area contributed by atoms with E-state index in [1.165, 1.54) is 0 Å². The molecule has 0 bridgehead atoms. The van der Waals surface area contributed by atoms with Crippen molar-refractivity contribution in [3.63, 3.8) is 0 Å². The van der Waals surface area contributed by atoms with Crippen molar-refractivity contribution in [1.29, 1.82) is 0 Å². The maximum atomic E-state index is 13.8. The molecule has 2 saturated heterocycles. The lowest BCUT2D eigenvalue weighted by Gasteiger charge is -2.32. The topological polar surface area (TPSA) is 135 Å². The minimum Gasteiger partial charge on any atom is -0.390 e. The monoisotopic (exact) mass is 413 g/mol. The second kappa shape index (κ2) is 7.37. The van der Waals surface area contributed by atoms with E-state index in [1.807, 2.05) is 0 Å². The van der Waals surface area contributed by atoms with Gasteiger partial charge in [-0.1, -0.05) is 0 Å². The number of aromatic nitrogens is 5. The summed E-state index contributed by atoms with van der Waals surface area (Å²) in [7, 11) is 0. The number of nitrogens with one attached hydrogen (secondary N) is 3. The first-order chi connectivity index (χ1) is 14.6. The zero-order valence-electron chi connectivity index (χ0n) is 15.9. The van der Waals surface area contributed by atoms with Crippen LogP contribution >= 0.6 is 0 Å². The number of carbonyl (C=O) groups excluding carboxylic acids is 1. The smallest absolute Gasteiger partial charge is 0.323 e. The van der Waals surface area contributed by atoms with Crippen molar-refractivity contribution in [2.45, 2.75) is 18.7 Å². The number of urea groups is 1. The van der Waals surface area contributed by atoms with Gasteiger partial charge in [0.15, 0.2) is 5.82 Å². The molecule has 5 rings (SSSR count). The number of rotatable bonds is 4. The van der Waals surface area contributed by atoms with Crippen molar-refractivity contribution < 1.29 is 14.3 Å². The average molecular weight is 413 g/mol. The van der Waals surface area contributed by atoms with Crippen LogP contribution in [0.15, 0.2) is 24.5 Å². The molecule has 156 valence electrons. The van der Waals surface area contributed by atoms with Crippen LogP contribution in [0, 0.1) is 0 Å². The molecule has 3 aromatic rings. The Morgan fingerprint density at radius 3 is 2.97 bits per heavy atom. The van der Waals surface area contributed by atoms with Crippen LogP contribution in [-0.4, -0.2) is 74.7 Å². The fourth-order valence-corrected chi connectivity index (χ4v) is 3.62. The predicted octanol–water partition coefficient (Wildman–Crippen LogP) is 0.930. The van der Waals surface area contributed by atoms with Gasteiger partial charge in [-0.3, -0.25) is 10.00 Å². The third kappa shape index (κ3) is 3.34. The molecule has 0 radical (unpaired) electrons. The van der Waals surface area contributed by atoms with Gasteiger partial charge in [0.25, 0.3) is 0 Å². The van der Waals surface area contributed by atoms with Crippen molar-refractivity contribution in [2.75, 3.05) is 41.3 Å². The summed E-state index contributed by atoms with van der Waals surface area (Å²) in [4.78, 5) is 28.2. The van der Waals surface area contributed by atoms with Gasteiger partial charge < -0.3 is 20.6 Å². The molecule has 11 nitrogen and oxygen atoms in total. The Morgan fingerprint density at radius 2 is 2.17 bits per heavy atom. The summed E-state index contributed by atoms with van der Waals surface area (Å²) >= 11 is 0. The number of hydrogen-bond donors (Lipinski definition) is 4. The Kier molecular flexibility index (Phi) is 4.54. The Labute approximate surface area is 170 Å². The van der Waals surface area contributed by atoms with Crippen molar-refractivity contribution >= 4 is 40.3 Å². The Bertz CT molecular complexity index is 1090. The van der Waals surface area contributed by atoms with Crippen LogP contribution in [-0.2, 0) is 0 Å². The van der Waals surface area contributed by atoms with E-state index in [9.17, 15) is 14.3 Å². The summed E-state index contributed by atoms with van der Waals surface area (Å²) < 4.78 is 13.8. The van der Waals surface area contributed by atoms with E-state index >= 15 is 0 Å². The van der Waals surface area contributed by atoms with Gasteiger partial charge in [0.05, 0.1) is 23.6 Å². The molecule has 2 amide bonds. The highest BCUT2D eigenvalue weighted by atomic mass is 19.1. The minimum atomic E-state index is -1.32. The first kappa shape index (κ1) is 18.5. The number of nitrogens with zero attached hydrogens (tertiary/aromatic N) is 6. The molecule has 30 heavy (non-hydrogen) atoms. The van der Waals surface area contributed by atoms with Crippen LogP contribution in [0.3, 0.4) is 0 Å². The van der Waals surface area contributed by atoms with Crippen molar-refractivity contribution in [2.24, 2.45) is 0 Å². The van der Waals surface area contributed by atoms with Gasteiger partial charge in [0, 0.05) is 38.1 Å². The molecule has 3 aromatic heterocycles. The van der Waals surface area contributed by atoms with E-state index in [0.717, 1.165) is 10.9 Å². The van der Waals surface area contributed by atoms with Crippen LogP contribution in [0.1, 0.15) is 6.42 Å². The maximum Gasteiger partial charge on any atom is 0.323 e. The lowest BCUT2D eigenvalue weighted by molar-refractivity contribution is 0.0612. The van der Waals surface area contributed by atoms with Gasteiger partial charge >= 0.3 is 6.03 Å². The highest BCUT2D eigenvalue weighted by molar-refractivity contribution is 6.02. The molecule has 0 spiro atoms. The largest absolute Gasteiger partial charge is 0.390 e. The highest BCUT2D eigenvalue weighted by Crippen LogP contribution is 2.27. The van der Waals surface area contributed by atoms with Crippen LogP contribution < -0.4 is 20.4 Å².